The summed E-state index contributed by atoms with van der Waals surface area (Å²) in [7, 11) is 0. The zero-order chi connectivity index (χ0) is 20.3. The monoisotopic (exact) mass is 406 g/mol. The van der Waals surface area contributed by atoms with E-state index in [1.807, 2.05) is 33.4 Å². The van der Waals surface area contributed by atoms with E-state index in [9.17, 15) is 18.4 Å². The van der Waals surface area contributed by atoms with Crippen molar-refractivity contribution in [2.24, 2.45) is 17.8 Å². The molecule has 1 saturated carbocycles. The van der Waals surface area contributed by atoms with Crippen LogP contribution in [0.5, 0.6) is 0 Å². The van der Waals surface area contributed by atoms with Crippen molar-refractivity contribution in [3.63, 3.8) is 0 Å². The number of amides is 2. The Balaban J connectivity index is 1.30. The standard InChI is InChI=1S/C21H28F2N4O2/c1-2-5-24-20(29)26-7-13-6-15(10-26)18-4-3-14(19(28)27(18)8-13)9-25-11-16-17(12-25)21(16,22)23/h3-4,13,15-17H,2,5-12H2,1H3,(H,24,29)/t13-,15+,16?,17?/m0/s1. The third-order valence-corrected chi connectivity index (χ3v) is 7.17. The normalized spacial score (nSPS) is 31.9. The van der Waals surface area contributed by atoms with Crippen LogP contribution in [0.4, 0.5) is 13.6 Å². The smallest absolute Gasteiger partial charge is 0.317 e. The van der Waals surface area contributed by atoms with Gasteiger partial charge in [-0.3, -0.25) is 9.69 Å². The summed E-state index contributed by atoms with van der Waals surface area (Å²) in [5.41, 5.74) is 1.70. The van der Waals surface area contributed by atoms with Gasteiger partial charge in [-0.1, -0.05) is 13.0 Å². The van der Waals surface area contributed by atoms with Crippen molar-refractivity contribution >= 4 is 6.03 Å². The molecule has 0 radical (unpaired) electrons. The van der Waals surface area contributed by atoms with Gasteiger partial charge in [0, 0.05) is 74.8 Å². The van der Waals surface area contributed by atoms with E-state index in [-0.39, 0.29) is 23.4 Å². The van der Waals surface area contributed by atoms with Gasteiger partial charge < -0.3 is 14.8 Å². The molecule has 2 amide bonds. The van der Waals surface area contributed by atoms with Crippen LogP contribution in [0.15, 0.2) is 16.9 Å². The second-order valence-electron chi connectivity index (χ2n) is 9.22. The van der Waals surface area contributed by atoms with Gasteiger partial charge in [0.1, 0.15) is 0 Å². The van der Waals surface area contributed by atoms with Crippen molar-refractivity contribution in [3.8, 4) is 0 Å². The van der Waals surface area contributed by atoms with Gasteiger partial charge in [-0.05, 0) is 24.8 Å². The number of halogens is 2. The summed E-state index contributed by atoms with van der Waals surface area (Å²) >= 11 is 0. The number of nitrogens with one attached hydrogen (secondary N) is 1. The third-order valence-electron chi connectivity index (χ3n) is 7.17. The molecule has 3 fully saturated rings. The van der Waals surface area contributed by atoms with Gasteiger partial charge in [0.25, 0.3) is 11.5 Å². The number of alkyl halides is 2. The number of likely N-dealkylation sites (tertiary alicyclic amines) is 2. The van der Waals surface area contributed by atoms with Crippen molar-refractivity contribution in [3.05, 3.63) is 33.7 Å². The summed E-state index contributed by atoms with van der Waals surface area (Å²) < 4.78 is 28.7. The van der Waals surface area contributed by atoms with Crippen LogP contribution in [-0.4, -0.2) is 59.0 Å². The number of hydrogen-bond donors (Lipinski definition) is 1. The first-order chi connectivity index (χ1) is 13.9. The van der Waals surface area contributed by atoms with E-state index < -0.39 is 17.8 Å². The summed E-state index contributed by atoms with van der Waals surface area (Å²) in [5.74, 6) is -3.08. The molecule has 8 heteroatoms. The summed E-state index contributed by atoms with van der Waals surface area (Å²) in [4.78, 5) is 29.4. The molecule has 6 nitrogen and oxygen atoms in total. The highest BCUT2D eigenvalue weighted by Gasteiger charge is 2.71. The molecule has 29 heavy (non-hydrogen) atoms. The molecule has 0 spiro atoms. The Morgan fingerprint density at radius 1 is 1.17 bits per heavy atom. The Bertz CT molecular complexity index is 872. The fraction of sp³-hybridized carbons (Fsp3) is 0.714. The van der Waals surface area contributed by atoms with Gasteiger partial charge in [0.2, 0.25) is 0 Å². The average Bonchev–Trinajstić information content (AvgIpc) is 3.03. The number of aromatic nitrogens is 1. The Labute approximate surface area is 168 Å². The fourth-order valence-corrected chi connectivity index (χ4v) is 5.58. The van der Waals surface area contributed by atoms with Crippen molar-refractivity contribution in [2.45, 2.75) is 44.7 Å². The highest BCUT2D eigenvalue weighted by Crippen LogP contribution is 2.59. The number of rotatable bonds is 4. The summed E-state index contributed by atoms with van der Waals surface area (Å²) in [5, 5.41) is 2.95. The van der Waals surface area contributed by atoms with E-state index in [2.05, 4.69) is 5.32 Å². The van der Waals surface area contributed by atoms with E-state index in [0.29, 0.717) is 51.4 Å². The van der Waals surface area contributed by atoms with E-state index in [1.54, 1.807) is 0 Å². The molecule has 0 aromatic carbocycles. The molecule has 1 N–H and O–H groups in total. The number of fused-ring (bicyclic) bond motifs is 5. The second kappa shape index (κ2) is 6.79. The Kier molecular flexibility index (Phi) is 4.46. The molecule has 4 aliphatic rings. The lowest BCUT2D eigenvalue weighted by Gasteiger charge is -2.42. The van der Waals surface area contributed by atoms with Crippen LogP contribution in [-0.2, 0) is 13.1 Å². The van der Waals surface area contributed by atoms with Crippen LogP contribution >= 0.6 is 0 Å². The van der Waals surface area contributed by atoms with Crippen LogP contribution in [0.25, 0.3) is 0 Å². The van der Waals surface area contributed by atoms with Gasteiger partial charge in [-0.2, -0.15) is 0 Å². The highest BCUT2D eigenvalue weighted by molar-refractivity contribution is 5.74. The molecular weight excluding hydrogens is 378 g/mol. The topological polar surface area (TPSA) is 57.6 Å². The zero-order valence-electron chi connectivity index (χ0n) is 16.7. The molecule has 4 atom stereocenters. The van der Waals surface area contributed by atoms with E-state index in [1.165, 1.54) is 0 Å². The molecule has 4 heterocycles. The molecule has 3 aliphatic heterocycles. The third kappa shape index (κ3) is 3.16. The number of carbonyl (C=O) groups excluding carboxylic acids is 1. The molecule has 2 saturated heterocycles. The quantitative estimate of drug-likeness (QED) is 0.833. The van der Waals surface area contributed by atoms with Crippen LogP contribution in [0.1, 0.15) is 36.9 Å². The van der Waals surface area contributed by atoms with Gasteiger partial charge in [-0.25, -0.2) is 13.6 Å². The molecule has 158 valence electrons. The van der Waals surface area contributed by atoms with E-state index in [4.69, 9.17) is 0 Å². The van der Waals surface area contributed by atoms with Crippen molar-refractivity contribution in [1.29, 1.82) is 0 Å². The van der Waals surface area contributed by atoms with Crippen molar-refractivity contribution in [2.75, 3.05) is 32.7 Å². The molecule has 1 aromatic heterocycles. The number of piperidine rings is 2. The molecule has 2 unspecified atom stereocenters. The first kappa shape index (κ1) is 19.0. The Hall–Kier alpha value is -1.96. The van der Waals surface area contributed by atoms with Crippen LogP contribution in [0, 0.1) is 17.8 Å². The largest absolute Gasteiger partial charge is 0.338 e. The minimum absolute atomic E-state index is 0.00779. The minimum atomic E-state index is -2.49. The molecule has 1 aromatic rings. The number of carbonyl (C=O) groups is 1. The predicted octanol–water partition coefficient (Wildman–Crippen LogP) is 2.08. The SMILES string of the molecule is CCCNC(=O)N1C[C@@H]2C[C@H](C1)c1ccc(CN3CC4C(C3)C4(F)F)c(=O)n1C2. The lowest BCUT2D eigenvalue weighted by atomic mass is 9.83. The predicted molar refractivity (Wildman–Crippen MR) is 104 cm³/mol. The first-order valence-corrected chi connectivity index (χ1v) is 10.7. The fourth-order valence-electron chi connectivity index (χ4n) is 5.58. The van der Waals surface area contributed by atoms with Gasteiger partial charge in [0.05, 0.1) is 0 Å². The van der Waals surface area contributed by atoms with Gasteiger partial charge >= 0.3 is 6.03 Å². The van der Waals surface area contributed by atoms with E-state index >= 15 is 0 Å². The van der Waals surface area contributed by atoms with Gasteiger partial charge in [0.15, 0.2) is 0 Å². The number of nitrogens with zero attached hydrogens (tertiary/aromatic N) is 3. The number of urea groups is 1. The number of pyridine rings is 1. The van der Waals surface area contributed by atoms with Crippen LogP contribution < -0.4 is 10.9 Å². The average molecular weight is 406 g/mol. The summed E-state index contributed by atoms with van der Waals surface area (Å²) in [6, 6.07) is 3.86. The second-order valence-corrected chi connectivity index (χ2v) is 9.22. The minimum Gasteiger partial charge on any atom is -0.338 e. The Morgan fingerprint density at radius 2 is 1.93 bits per heavy atom. The molecule has 5 rings (SSSR count). The highest BCUT2D eigenvalue weighted by atomic mass is 19.3. The molecule has 1 aliphatic carbocycles. The van der Waals surface area contributed by atoms with Crippen molar-refractivity contribution < 1.29 is 13.6 Å². The number of hydrogen-bond acceptors (Lipinski definition) is 3. The zero-order valence-corrected chi connectivity index (χ0v) is 16.7. The van der Waals surface area contributed by atoms with Crippen LogP contribution in [0.3, 0.4) is 0 Å². The van der Waals surface area contributed by atoms with Crippen LogP contribution in [0.2, 0.25) is 0 Å². The molecular formula is C21H28F2N4O2. The van der Waals surface area contributed by atoms with E-state index in [0.717, 1.165) is 18.5 Å². The van der Waals surface area contributed by atoms with Gasteiger partial charge in [-0.15, -0.1) is 0 Å². The maximum atomic E-state index is 13.4. The lowest BCUT2D eigenvalue weighted by Crippen LogP contribution is -2.52. The lowest BCUT2D eigenvalue weighted by molar-refractivity contribution is 0.0517. The van der Waals surface area contributed by atoms with Crippen molar-refractivity contribution in [1.82, 2.24) is 19.7 Å². The summed E-state index contributed by atoms with van der Waals surface area (Å²) in [6.07, 6.45) is 1.91. The first-order valence-electron chi connectivity index (χ1n) is 10.7. The maximum absolute atomic E-state index is 13.4. The summed E-state index contributed by atoms with van der Waals surface area (Å²) in [6.45, 7) is 5.85. The molecule has 2 bridgehead atoms. The maximum Gasteiger partial charge on any atom is 0.317 e. The Morgan fingerprint density at radius 3 is 2.66 bits per heavy atom.